The minimum atomic E-state index is -0.259. The number of nitrogens with zero attached hydrogens (tertiary/aromatic N) is 1. The average molecular weight is 265 g/mol. The number of hydrogen-bond acceptors (Lipinski definition) is 4. The van der Waals surface area contributed by atoms with Crippen molar-refractivity contribution < 1.29 is 9.47 Å². The average Bonchev–Trinajstić information content (AvgIpc) is 3.10. The molecule has 1 aliphatic carbocycles. The van der Waals surface area contributed by atoms with Crippen molar-refractivity contribution >= 4 is 0 Å². The summed E-state index contributed by atoms with van der Waals surface area (Å²) in [6.07, 6.45) is 8.96. The molecule has 1 atom stereocenters. The third-order valence-electron chi connectivity index (χ3n) is 4.26. The molecule has 0 amide bonds. The van der Waals surface area contributed by atoms with Gasteiger partial charge in [0.25, 0.3) is 0 Å². The van der Waals surface area contributed by atoms with Crippen LogP contribution in [0.1, 0.15) is 50.9 Å². The molecule has 106 valence electrons. The van der Waals surface area contributed by atoms with Crippen molar-refractivity contribution in [2.45, 2.75) is 56.9 Å². The maximum Gasteiger partial charge on any atom is 0.168 e. The third-order valence-corrected chi connectivity index (χ3v) is 4.26. The van der Waals surface area contributed by atoms with E-state index < -0.39 is 0 Å². The van der Waals surface area contributed by atoms with Crippen LogP contribution in [0.2, 0.25) is 0 Å². The molecule has 0 radical (unpaired) electrons. The Kier molecular flexibility index (Phi) is 3.86. The Hall–Kier alpha value is -0.910. The van der Waals surface area contributed by atoms with Gasteiger partial charge in [0.15, 0.2) is 5.79 Å². The molecule has 0 bridgehead atoms. The number of aromatic amines is 1. The molecule has 1 saturated heterocycles. The molecule has 19 heavy (non-hydrogen) atoms. The molecule has 1 spiro atoms. The topological polar surface area (TPSA) is 59.2 Å². The lowest BCUT2D eigenvalue weighted by molar-refractivity contribution is -0.179. The van der Waals surface area contributed by atoms with E-state index >= 15 is 0 Å². The Morgan fingerprint density at radius 2 is 2.16 bits per heavy atom. The summed E-state index contributed by atoms with van der Waals surface area (Å²) < 4.78 is 11.5. The number of hydrogen-bond donors (Lipinski definition) is 2. The van der Waals surface area contributed by atoms with E-state index in [2.05, 4.69) is 22.2 Å². The molecule has 3 rings (SSSR count). The maximum atomic E-state index is 5.76. The number of imidazole rings is 1. The number of aromatic nitrogens is 2. The van der Waals surface area contributed by atoms with Crippen LogP contribution >= 0.6 is 0 Å². The molecule has 2 heterocycles. The number of nitrogens with one attached hydrogen (secondary N) is 2. The molecule has 5 nitrogen and oxygen atoms in total. The van der Waals surface area contributed by atoms with Crippen molar-refractivity contribution in [3.8, 4) is 0 Å². The van der Waals surface area contributed by atoms with Gasteiger partial charge in [-0.25, -0.2) is 4.98 Å². The summed E-state index contributed by atoms with van der Waals surface area (Å²) in [5.41, 5.74) is 0. The van der Waals surface area contributed by atoms with Gasteiger partial charge in [0, 0.05) is 31.3 Å². The minimum absolute atomic E-state index is 0.259. The van der Waals surface area contributed by atoms with Gasteiger partial charge in [-0.3, -0.25) is 0 Å². The first-order valence-electron chi connectivity index (χ1n) is 7.34. The molecule has 2 aliphatic rings. The monoisotopic (exact) mass is 265 g/mol. The molecular weight excluding hydrogens is 242 g/mol. The number of rotatable bonds is 4. The lowest BCUT2D eigenvalue weighted by atomic mass is 9.89. The van der Waals surface area contributed by atoms with E-state index in [0.29, 0.717) is 12.1 Å². The minimum Gasteiger partial charge on any atom is -0.348 e. The van der Waals surface area contributed by atoms with E-state index in [1.165, 1.54) is 0 Å². The van der Waals surface area contributed by atoms with Gasteiger partial charge in [-0.1, -0.05) is 6.92 Å². The maximum absolute atomic E-state index is 5.76. The fourth-order valence-electron chi connectivity index (χ4n) is 3.15. The summed E-state index contributed by atoms with van der Waals surface area (Å²) in [4.78, 5) is 7.56. The second-order valence-corrected chi connectivity index (χ2v) is 5.48. The second-order valence-electron chi connectivity index (χ2n) is 5.48. The molecule has 5 heteroatoms. The van der Waals surface area contributed by atoms with Crippen LogP contribution in [0, 0.1) is 0 Å². The fourth-order valence-corrected chi connectivity index (χ4v) is 3.15. The van der Waals surface area contributed by atoms with Crippen LogP contribution in [0.15, 0.2) is 12.4 Å². The predicted octanol–water partition coefficient (Wildman–Crippen LogP) is 2.14. The van der Waals surface area contributed by atoms with Crippen LogP contribution < -0.4 is 5.32 Å². The zero-order chi connectivity index (χ0) is 13.1. The summed E-state index contributed by atoms with van der Waals surface area (Å²) in [7, 11) is 0. The van der Waals surface area contributed by atoms with Crippen molar-refractivity contribution in [1.82, 2.24) is 15.3 Å². The van der Waals surface area contributed by atoms with Gasteiger partial charge in [0.2, 0.25) is 0 Å². The van der Waals surface area contributed by atoms with Crippen molar-refractivity contribution in [2.24, 2.45) is 0 Å². The van der Waals surface area contributed by atoms with Gasteiger partial charge < -0.3 is 19.8 Å². The van der Waals surface area contributed by atoms with Crippen molar-refractivity contribution in [2.75, 3.05) is 13.2 Å². The number of H-pyrrole nitrogens is 1. The van der Waals surface area contributed by atoms with E-state index in [-0.39, 0.29) is 5.79 Å². The molecular formula is C14H23N3O2. The first-order valence-corrected chi connectivity index (χ1v) is 7.34. The quantitative estimate of drug-likeness (QED) is 0.875. The van der Waals surface area contributed by atoms with Crippen molar-refractivity contribution in [3.05, 3.63) is 18.2 Å². The molecule has 1 aliphatic heterocycles. The lowest BCUT2D eigenvalue weighted by Crippen LogP contribution is -2.43. The zero-order valence-corrected chi connectivity index (χ0v) is 11.5. The molecule has 0 aromatic carbocycles. The largest absolute Gasteiger partial charge is 0.348 e. The summed E-state index contributed by atoms with van der Waals surface area (Å²) in [5, 5.41) is 3.71. The molecule has 1 unspecified atom stereocenters. The molecule has 1 aromatic rings. The van der Waals surface area contributed by atoms with E-state index in [0.717, 1.165) is 51.1 Å². The highest BCUT2D eigenvalue weighted by Gasteiger charge is 2.40. The Bertz CT molecular complexity index is 377. The third kappa shape index (κ3) is 2.83. The fraction of sp³-hybridized carbons (Fsp3) is 0.786. The van der Waals surface area contributed by atoms with Gasteiger partial charge in [-0.2, -0.15) is 0 Å². The molecule has 1 aromatic heterocycles. The molecule has 2 fully saturated rings. The Labute approximate surface area is 114 Å². The van der Waals surface area contributed by atoms with Gasteiger partial charge in [0.1, 0.15) is 5.82 Å². The van der Waals surface area contributed by atoms with E-state index in [9.17, 15) is 0 Å². The van der Waals surface area contributed by atoms with Crippen LogP contribution in [0.4, 0.5) is 0 Å². The normalized spacial score (nSPS) is 24.9. The highest BCUT2D eigenvalue weighted by Crippen LogP contribution is 2.36. The summed E-state index contributed by atoms with van der Waals surface area (Å²) in [5.74, 6) is 0.779. The highest BCUT2D eigenvalue weighted by atomic mass is 16.7. The van der Waals surface area contributed by atoms with Crippen molar-refractivity contribution in [1.29, 1.82) is 0 Å². The van der Waals surface area contributed by atoms with Gasteiger partial charge in [0.05, 0.1) is 19.3 Å². The standard InChI is InChI=1S/C14H23N3O2/c1-2-12(13-15-7-8-16-13)17-11-3-5-14(6-4-11)18-9-10-19-14/h7-8,11-12,17H,2-6,9-10H2,1H3,(H,15,16). The number of ether oxygens (including phenoxy) is 2. The highest BCUT2D eigenvalue weighted by molar-refractivity contribution is 4.97. The van der Waals surface area contributed by atoms with Gasteiger partial charge >= 0.3 is 0 Å². The summed E-state index contributed by atoms with van der Waals surface area (Å²) in [6, 6.07) is 0.855. The molecule has 2 N–H and O–H groups in total. The Morgan fingerprint density at radius 1 is 1.42 bits per heavy atom. The van der Waals surface area contributed by atoms with E-state index in [1.807, 2.05) is 12.4 Å². The van der Waals surface area contributed by atoms with E-state index in [4.69, 9.17) is 9.47 Å². The predicted molar refractivity (Wildman–Crippen MR) is 71.6 cm³/mol. The van der Waals surface area contributed by atoms with Crippen LogP contribution in [0.5, 0.6) is 0 Å². The van der Waals surface area contributed by atoms with Crippen LogP contribution in [0.25, 0.3) is 0 Å². The molecule has 1 saturated carbocycles. The Balaban J connectivity index is 1.54. The smallest absolute Gasteiger partial charge is 0.168 e. The zero-order valence-electron chi connectivity index (χ0n) is 11.5. The van der Waals surface area contributed by atoms with Crippen molar-refractivity contribution in [3.63, 3.8) is 0 Å². The first-order chi connectivity index (χ1) is 9.31. The Morgan fingerprint density at radius 3 is 2.74 bits per heavy atom. The SMILES string of the molecule is CCC(NC1CCC2(CC1)OCCO2)c1ncc[nH]1. The van der Waals surface area contributed by atoms with Crippen LogP contribution in [-0.4, -0.2) is 35.0 Å². The van der Waals surface area contributed by atoms with E-state index in [1.54, 1.807) is 0 Å². The van der Waals surface area contributed by atoms with Gasteiger partial charge in [-0.05, 0) is 19.3 Å². The van der Waals surface area contributed by atoms with Crippen LogP contribution in [0.3, 0.4) is 0 Å². The first kappa shape index (κ1) is 13.1. The summed E-state index contributed by atoms with van der Waals surface area (Å²) in [6.45, 7) is 3.69. The van der Waals surface area contributed by atoms with Crippen LogP contribution in [-0.2, 0) is 9.47 Å². The van der Waals surface area contributed by atoms with Gasteiger partial charge in [-0.15, -0.1) is 0 Å². The summed E-state index contributed by atoms with van der Waals surface area (Å²) >= 11 is 0. The second kappa shape index (κ2) is 5.61. The lowest BCUT2D eigenvalue weighted by Gasteiger charge is -2.36.